The molecule has 0 aliphatic heterocycles. The molecule has 1 aromatic heterocycles. The number of thiocarbonyl (C=S) groups is 1. The standard InChI is InChI=1S/C12H11ClN2O2S2/c1-2-16-12(18)19-7-10-14-11(15-17-10)8-3-5-9(13)6-4-8/h3-6H,2,7H2,1H3. The van der Waals surface area contributed by atoms with Gasteiger partial charge in [-0.15, -0.1) is 0 Å². The zero-order valence-corrected chi connectivity index (χ0v) is 12.5. The summed E-state index contributed by atoms with van der Waals surface area (Å²) in [6, 6.07) is 7.25. The zero-order chi connectivity index (χ0) is 13.7. The predicted molar refractivity (Wildman–Crippen MR) is 80.3 cm³/mol. The number of aromatic nitrogens is 2. The smallest absolute Gasteiger partial charge is 0.237 e. The minimum absolute atomic E-state index is 0.480. The highest BCUT2D eigenvalue weighted by Gasteiger charge is 2.10. The number of ether oxygens (including phenoxy) is 1. The number of halogens is 1. The highest BCUT2D eigenvalue weighted by atomic mass is 35.5. The average Bonchev–Trinajstić information content (AvgIpc) is 2.86. The Hall–Kier alpha value is -1.11. The van der Waals surface area contributed by atoms with Gasteiger partial charge in [-0.2, -0.15) is 4.98 Å². The first-order valence-corrected chi connectivity index (χ1v) is 7.34. The quantitative estimate of drug-likeness (QED) is 0.797. The number of hydrogen-bond donors (Lipinski definition) is 0. The number of rotatable bonds is 4. The van der Waals surface area contributed by atoms with Crippen LogP contribution >= 0.6 is 35.6 Å². The Morgan fingerprint density at radius 3 is 2.84 bits per heavy atom. The second kappa shape index (κ2) is 6.88. The summed E-state index contributed by atoms with van der Waals surface area (Å²) in [5, 5.41) is 4.58. The molecular weight excluding hydrogens is 304 g/mol. The Kier molecular flexibility index (Phi) is 5.18. The lowest BCUT2D eigenvalue weighted by atomic mass is 10.2. The van der Waals surface area contributed by atoms with E-state index in [1.807, 2.05) is 19.1 Å². The summed E-state index contributed by atoms with van der Waals surface area (Å²) in [5.41, 5.74) is 0.858. The van der Waals surface area contributed by atoms with Gasteiger partial charge in [0.05, 0.1) is 12.4 Å². The normalized spacial score (nSPS) is 10.4. The fourth-order valence-electron chi connectivity index (χ4n) is 1.31. The van der Waals surface area contributed by atoms with Crippen molar-refractivity contribution in [3.05, 3.63) is 35.2 Å². The van der Waals surface area contributed by atoms with Gasteiger partial charge in [0.15, 0.2) is 0 Å². The lowest BCUT2D eigenvalue weighted by Gasteiger charge is -2.00. The topological polar surface area (TPSA) is 48.2 Å². The van der Waals surface area contributed by atoms with E-state index < -0.39 is 0 Å². The van der Waals surface area contributed by atoms with Crippen LogP contribution in [0.25, 0.3) is 11.4 Å². The third-order valence-corrected chi connectivity index (χ3v) is 3.61. The van der Waals surface area contributed by atoms with Crippen LogP contribution in [0.5, 0.6) is 0 Å². The molecule has 0 saturated carbocycles. The van der Waals surface area contributed by atoms with Gasteiger partial charge in [-0.25, -0.2) is 0 Å². The lowest BCUT2D eigenvalue weighted by molar-refractivity contribution is 0.346. The van der Waals surface area contributed by atoms with Crippen molar-refractivity contribution in [1.29, 1.82) is 0 Å². The Morgan fingerprint density at radius 2 is 2.16 bits per heavy atom. The van der Waals surface area contributed by atoms with E-state index in [2.05, 4.69) is 10.1 Å². The van der Waals surface area contributed by atoms with Gasteiger partial charge in [-0.05, 0) is 43.4 Å². The number of benzene rings is 1. The predicted octanol–water partition coefficient (Wildman–Crippen LogP) is 3.94. The maximum absolute atomic E-state index is 5.82. The molecule has 0 saturated heterocycles. The highest BCUT2D eigenvalue weighted by Crippen LogP contribution is 2.20. The Balaban J connectivity index is 1.99. The molecule has 100 valence electrons. The summed E-state index contributed by atoms with van der Waals surface area (Å²) in [4.78, 5) is 4.29. The molecule has 2 aromatic rings. The summed E-state index contributed by atoms with van der Waals surface area (Å²) in [5.74, 6) is 1.55. The lowest BCUT2D eigenvalue weighted by Crippen LogP contribution is -1.96. The number of nitrogens with zero attached hydrogens (tertiary/aromatic N) is 2. The van der Waals surface area contributed by atoms with Gasteiger partial charge < -0.3 is 9.26 Å². The summed E-state index contributed by atoms with van der Waals surface area (Å²) >= 11 is 12.2. The molecule has 0 aliphatic carbocycles. The van der Waals surface area contributed by atoms with Gasteiger partial charge in [0.2, 0.25) is 16.1 Å². The van der Waals surface area contributed by atoms with E-state index >= 15 is 0 Å². The van der Waals surface area contributed by atoms with E-state index in [4.69, 9.17) is 33.1 Å². The van der Waals surface area contributed by atoms with Crippen LogP contribution in [0.15, 0.2) is 28.8 Å². The molecule has 0 bridgehead atoms. The average molecular weight is 315 g/mol. The van der Waals surface area contributed by atoms with Gasteiger partial charge in [-0.1, -0.05) is 28.5 Å². The summed E-state index contributed by atoms with van der Waals surface area (Å²) < 4.78 is 10.8. The van der Waals surface area contributed by atoms with Crippen LogP contribution in [-0.2, 0) is 10.5 Å². The molecule has 0 aliphatic rings. The van der Waals surface area contributed by atoms with Crippen molar-refractivity contribution in [2.45, 2.75) is 12.7 Å². The maximum atomic E-state index is 5.82. The summed E-state index contributed by atoms with van der Waals surface area (Å²) in [6.45, 7) is 2.45. The molecule has 0 unspecified atom stereocenters. The largest absolute Gasteiger partial charge is 0.479 e. The van der Waals surface area contributed by atoms with Crippen molar-refractivity contribution < 1.29 is 9.26 Å². The van der Waals surface area contributed by atoms with Gasteiger partial charge in [0.1, 0.15) is 0 Å². The van der Waals surface area contributed by atoms with Crippen molar-refractivity contribution in [2.24, 2.45) is 0 Å². The second-order valence-corrected chi connectivity index (χ2v) is 5.50. The van der Waals surface area contributed by atoms with E-state index in [9.17, 15) is 0 Å². The number of thioether (sulfide) groups is 1. The molecule has 2 rings (SSSR count). The third-order valence-electron chi connectivity index (χ3n) is 2.15. The van der Waals surface area contributed by atoms with Crippen LogP contribution < -0.4 is 0 Å². The van der Waals surface area contributed by atoms with Crippen LogP contribution in [0.4, 0.5) is 0 Å². The fraction of sp³-hybridized carbons (Fsp3) is 0.250. The molecule has 0 fully saturated rings. The minimum atomic E-state index is 0.480. The Labute approximate surface area is 125 Å². The minimum Gasteiger partial charge on any atom is -0.479 e. The van der Waals surface area contributed by atoms with Crippen LogP contribution in [-0.4, -0.2) is 21.1 Å². The zero-order valence-electron chi connectivity index (χ0n) is 10.1. The molecule has 7 heteroatoms. The number of hydrogen-bond acceptors (Lipinski definition) is 6. The SMILES string of the molecule is CCOC(=S)SCc1nc(-c2ccc(Cl)cc2)no1. The third kappa shape index (κ3) is 4.19. The molecule has 4 nitrogen and oxygen atoms in total. The Morgan fingerprint density at radius 1 is 1.42 bits per heavy atom. The molecule has 0 spiro atoms. The molecule has 0 N–H and O–H groups in total. The first kappa shape index (κ1) is 14.3. The molecule has 1 heterocycles. The van der Waals surface area contributed by atoms with E-state index in [-0.39, 0.29) is 0 Å². The molecule has 0 radical (unpaired) electrons. The van der Waals surface area contributed by atoms with Crippen LogP contribution in [0, 0.1) is 0 Å². The van der Waals surface area contributed by atoms with Crippen molar-refractivity contribution in [1.82, 2.24) is 10.1 Å². The van der Waals surface area contributed by atoms with Gasteiger partial charge >= 0.3 is 0 Å². The van der Waals surface area contributed by atoms with Crippen molar-refractivity contribution in [3.63, 3.8) is 0 Å². The Bertz CT molecular complexity index is 557. The first-order chi connectivity index (χ1) is 9.19. The van der Waals surface area contributed by atoms with Crippen LogP contribution in [0.1, 0.15) is 12.8 Å². The molecule has 0 atom stereocenters. The van der Waals surface area contributed by atoms with Crippen molar-refractivity contribution in [2.75, 3.05) is 6.61 Å². The summed E-state index contributed by atoms with van der Waals surface area (Å²) in [7, 11) is 0. The van der Waals surface area contributed by atoms with E-state index in [1.165, 1.54) is 11.8 Å². The second-order valence-electron chi connectivity index (χ2n) is 3.49. The molecule has 19 heavy (non-hydrogen) atoms. The van der Waals surface area contributed by atoms with E-state index in [1.54, 1.807) is 12.1 Å². The summed E-state index contributed by atoms with van der Waals surface area (Å²) in [6.07, 6.45) is 0. The van der Waals surface area contributed by atoms with E-state index in [0.29, 0.717) is 33.5 Å². The maximum Gasteiger partial charge on any atom is 0.237 e. The van der Waals surface area contributed by atoms with E-state index in [0.717, 1.165) is 5.56 Å². The highest BCUT2D eigenvalue weighted by molar-refractivity contribution is 8.22. The van der Waals surface area contributed by atoms with Crippen LogP contribution in [0.3, 0.4) is 0 Å². The van der Waals surface area contributed by atoms with Gasteiger partial charge in [0.25, 0.3) is 0 Å². The van der Waals surface area contributed by atoms with Crippen molar-refractivity contribution >= 4 is 40.0 Å². The fourth-order valence-corrected chi connectivity index (χ4v) is 2.29. The monoisotopic (exact) mass is 314 g/mol. The molecule has 1 aromatic carbocycles. The van der Waals surface area contributed by atoms with Gasteiger partial charge in [-0.3, -0.25) is 0 Å². The van der Waals surface area contributed by atoms with Gasteiger partial charge in [0, 0.05) is 10.6 Å². The van der Waals surface area contributed by atoms with Crippen LogP contribution in [0.2, 0.25) is 5.02 Å². The molecular formula is C12H11ClN2O2S2. The van der Waals surface area contributed by atoms with Crippen molar-refractivity contribution in [3.8, 4) is 11.4 Å². The first-order valence-electron chi connectivity index (χ1n) is 5.57. The molecule has 0 amide bonds.